The third kappa shape index (κ3) is 5.77. The molecular formula is C69H44N2. The standard InChI is InChI=1S/C69H44N2/c1-3-19-54(20-4-1)70(55-21-5-2-6-22-55)56-37-33-48(34-38-56)47-27-29-49(30-28-47)57-39-41-61-66-65(57)60-24-12-14-26-64(60)71-63-25-13-11-23-58(63)59-40-42-62(67(66)68(59)71)69(61,52-35-31-45-15-7-9-17-50(45)43-52)53-36-32-46-16-8-10-18-51(46)44-53/h1-44H. The lowest BCUT2D eigenvalue weighted by atomic mass is 9.66. The fourth-order valence-corrected chi connectivity index (χ4v) is 12.5. The number of anilines is 3. The van der Waals surface area contributed by atoms with E-state index in [4.69, 9.17) is 0 Å². The SMILES string of the molecule is c1ccc(N(c2ccccc2)c2ccc(-c3ccc(-c4ccc5c6c4-c4ccccc4-n4c7ccccc7c7ccc(c-6c74)C5(c4ccc5ccccc5c4)c4ccc5ccccc5c4)cc3)cc2)cc1. The van der Waals surface area contributed by atoms with Crippen molar-refractivity contribution >= 4 is 60.4 Å². The molecule has 0 spiro atoms. The van der Waals surface area contributed by atoms with Crippen LogP contribution in [0.5, 0.6) is 0 Å². The molecule has 0 fully saturated rings. The van der Waals surface area contributed by atoms with E-state index in [-0.39, 0.29) is 0 Å². The molecule has 2 heterocycles. The molecule has 330 valence electrons. The first-order valence-electron chi connectivity index (χ1n) is 24.7. The summed E-state index contributed by atoms with van der Waals surface area (Å²) in [6, 6.07) is 99.3. The highest BCUT2D eigenvalue weighted by Gasteiger charge is 2.50. The highest BCUT2D eigenvalue weighted by Crippen LogP contribution is 2.64. The van der Waals surface area contributed by atoms with Gasteiger partial charge in [-0.25, -0.2) is 0 Å². The van der Waals surface area contributed by atoms with Crippen LogP contribution in [0.2, 0.25) is 0 Å². The third-order valence-electron chi connectivity index (χ3n) is 15.6. The van der Waals surface area contributed by atoms with Gasteiger partial charge in [-0.2, -0.15) is 0 Å². The van der Waals surface area contributed by atoms with Crippen molar-refractivity contribution in [3.8, 4) is 50.2 Å². The van der Waals surface area contributed by atoms with Crippen molar-refractivity contribution in [2.75, 3.05) is 4.90 Å². The maximum atomic E-state index is 2.58. The van der Waals surface area contributed by atoms with Crippen molar-refractivity contribution in [1.29, 1.82) is 0 Å². The summed E-state index contributed by atoms with van der Waals surface area (Å²) in [5.74, 6) is 0. The lowest BCUT2D eigenvalue weighted by Crippen LogP contribution is -2.28. The Labute approximate surface area is 412 Å². The minimum Gasteiger partial charge on any atom is -0.311 e. The Bertz CT molecular complexity index is 4140. The van der Waals surface area contributed by atoms with Gasteiger partial charge in [0.25, 0.3) is 0 Å². The van der Waals surface area contributed by atoms with Gasteiger partial charge in [0.2, 0.25) is 0 Å². The first-order chi connectivity index (χ1) is 35.2. The summed E-state index contributed by atoms with van der Waals surface area (Å²) in [5.41, 5.74) is 21.5. The smallest absolute Gasteiger partial charge is 0.0715 e. The quantitative estimate of drug-likeness (QED) is 0.155. The van der Waals surface area contributed by atoms with Gasteiger partial charge in [0.1, 0.15) is 0 Å². The first-order valence-corrected chi connectivity index (χ1v) is 24.7. The molecule has 1 aromatic heterocycles. The van der Waals surface area contributed by atoms with Gasteiger partial charge in [0, 0.05) is 39.0 Å². The molecule has 0 unspecified atom stereocenters. The zero-order chi connectivity index (χ0) is 46.6. The molecule has 2 heteroatoms. The zero-order valence-corrected chi connectivity index (χ0v) is 38.8. The highest BCUT2D eigenvalue weighted by atomic mass is 15.1. The predicted molar refractivity (Wildman–Crippen MR) is 298 cm³/mol. The summed E-state index contributed by atoms with van der Waals surface area (Å²) >= 11 is 0. The minimum atomic E-state index is -0.625. The monoisotopic (exact) mass is 900 g/mol. The zero-order valence-electron chi connectivity index (χ0n) is 38.8. The predicted octanol–water partition coefficient (Wildman–Crippen LogP) is 18.2. The molecule has 1 aliphatic heterocycles. The number of rotatable bonds is 7. The number of benzene rings is 12. The number of hydrogen-bond donors (Lipinski definition) is 0. The molecule has 13 aromatic rings. The number of hydrogen-bond acceptors (Lipinski definition) is 1. The molecular weight excluding hydrogens is 857 g/mol. The second-order valence-corrected chi connectivity index (χ2v) is 19.2. The van der Waals surface area contributed by atoms with Gasteiger partial charge in [0.15, 0.2) is 0 Å². The molecule has 0 radical (unpaired) electrons. The van der Waals surface area contributed by atoms with Crippen LogP contribution in [0.25, 0.3) is 93.5 Å². The third-order valence-corrected chi connectivity index (χ3v) is 15.6. The number of aromatic nitrogens is 1. The second kappa shape index (κ2) is 15.4. The van der Waals surface area contributed by atoms with Crippen molar-refractivity contribution < 1.29 is 0 Å². The maximum Gasteiger partial charge on any atom is 0.0715 e. The van der Waals surface area contributed by atoms with Crippen molar-refractivity contribution in [2.45, 2.75) is 5.41 Å². The summed E-state index contributed by atoms with van der Waals surface area (Å²) in [4.78, 5) is 2.31. The normalized spacial score (nSPS) is 12.9. The van der Waals surface area contributed by atoms with Crippen LogP contribution in [0.1, 0.15) is 22.3 Å². The number of para-hydroxylation sites is 4. The molecule has 2 nitrogen and oxygen atoms in total. The lowest BCUT2D eigenvalue weighted by Gasteiger charge is -2.35. The number of fused-ring (bicyclic) bond motifs is 8. The number of nitrogens with zero attached hydrogens (tertiary/aromatic N) is 2. The van der Waals surface area contributed by atoms with Crippen LogP contribution in [0.4, 0.5) is 17.1 Å². The lowest BCUT2D eigenvalue weighted by molar-refractivity contribution is 0.772. The van der Waals surface area contributed by atoms with Crippen LogP contribution in [-0.2, 0) is 5.41 Å². The van der Waals surface area contributed by atoms with Gasteiger partial charge in [-0.3, -0.25) is 0 Å². The van der Waals surface area contributed by atoms with E-state index < -0.39 is 5.41 Å². The highest BCUT2D eigenvalue weighted by molar-refractivity contribution is 6.20. The fourth-order valence-electron chi connectivity index (χ4n) is 12.5. The van der Waals surface area contributed by atoms with Crippen LogP contribution < -0.4 is 4.90 Å². The minimum absolute atomic E-state index is 0.625. The van der Waals surface area contributed by atoms with E-state index in [1.54, 1.807) is 0 Å². The van der Waals surface area contributed by atoms with Crippen LogP contribution >= 0.6 is 0 Å². The van der Waals surface area contributed by atoms with Gasteiger partial charge in [0.05, 0.1) is 22.1 Å². The molecule has 0 saturated carbocycles. The fraction of sp³-hybridized carbons (Fsp3) is 0.0145. The van der Waals surface area contributed by atoms with Crippen molar-refractivity contribution in [1.82, 2.24) is 4.57 Å². The molecule has 0 bridgehead atoms. The Morgan fingerprint density at radius 3 is 1.48 bits per heavy atom. The summed E-state index contributed by atoms with van der Waals surface area (Å²) in [5, 5.41) is 7.51. The average Bonchev–Trinajstić information content (AvgIpc) is 3.90. The first kappa shape index (κ1) is 39.7. The Balaban J connectivity index is 0.968. The van der Waals surface area contributed by atoms with E-state index in [1.807, 2.05) is 0 Å². The van der Waals surface area contributed by atoms with E-state index in [9.17, 15) is 0 Å². The van der Waals surface area contributed by atoms with Gasteiger partial charge < -0.3 is 9.47 Å². The summed E-state index contributed by atoms with van der Waals surface area (Å²) in [6.45, 7) is 0. The van der Waals surface area contributed by atoms with Crippen molar-refractivity contribution in [3.05, 3.63) is 289 Å². The molecule has 2 aliphatic rings. The summed E-state index contributed by atoms with van der Waals surface area (Å²) < 4.78 is 2.58. The molecule has 0 N–H and O–H groups in total. The molecule has 0 saturated heterocycles. The van der Waals surface area contributed by atoms with Gasteiger partial charge >= 0.3 is 0 Å². The Hall–Kier alpha value is -9.24. The second-order valence-electron chi connectivity index (χ2n) is 19.2. The van der Waals surface area contributed by atoms with Crippen LogP contribution in [0.3, 0.4) is 0 Å². The van der Waals surface area contributed by atoms with Gasteiger partial charge in [-0.1, -0.05) is 206 Å². The van der Waals surface area contributed by atoms with Crippen LogP contribution in [0.15, 0.2) is 267 Å². The molecule has 1 aliphatic carbocycles. The van der Waals surface area contributed by atoms with Crippen molar-refractivity contribution in [3.63, 3.8) is 0 Å². The molecule has 0 atom stereocenters. The van der Waals surface area contributed by atoms with E-state index in [2.05, 4.69) is 276 Å². The van der Waals surface area contributed by atoms with Crippen LogP contribution in [0, 0.1) is 0 Å². The summed E-state index contributed by atoms with van der Waals surface area (Å²) in [6.07, 6.45) is 0. The van der Waals surface area contributed by atoms with Crippen molar-refractivity contribution in [2.24, 2.45) is 0 Å². The Kier molecular flexibility index (Phi) is 8.61. The largest absolute Gasteiger partial charge is 0.311 e. The summed E-state index contributed by atoms with van der Waals surface area (Å²) in [7, 11) is 0. The topological polar surface area (TPSA) is 8.17 Å². The Morgan fingerprint density at radius 2 is 0.817 bits per heavy atom. The van der Waals surface area contributed by atoms with E-state index >= 15 is 0 Å². The van der Waals surface area contributed by atoms with Gasteiger partial charge in [-0.15, -0.1) is 0 Å². The van der Waals surface area contributed by atoms with E-state index in [0.29, 0.717) is 0 Å². The molecule has 0 amide bonds. The van der Waals surface area contributed by atoms with E-state index in [1.165, 1.54) is 116 Å². The molecule has 15 rings (SSSR count). The van der Waals surface area contributed by atoms with Gasteiger partial charge in [-0.05, 0) is 138 Å². The van der Waals surface area contributed by atoms with Crippen LogP contribution in [-0.4, -0.2) is 4.57 Å². The molecule has 71 heavy (non-hydrogen) atoms. The average molecular weight is 901 g/mol. The van der Waals surface area contributed by atoms with E-state index in [0.717, 1.165) is 17.1 Å². The Morgan fingerprint density at radius 1 is 0.310 bits per heavy atom. The molecule has 12 aromatic carbocycles. The maximum absolute atomic E-state index is 2.58.